The van der Waals surface area contributed by atoms with Gasteiger partial charge in [0, 0.05) is 68.6 Å². The van der Waals surface area contributed by atoms with E-state index in [-0.39, 0.29) is 35.4 Å². The zero-order chi connectivity index (χ0) is 39.8. The van der Waals surface area contributed by atoms with E-state index in [1.807, 2.05) is 61.5 Å². The van der Waals surface area contributed by atoms with Gasteiger partial charge in [-0.2, -0.15) is 5.06 Å². The quantitative estimate of drug-likeness (QED) is 0.153. The Balaban J connectivity index is 1.31. The summed E-state index contributed by atoms with van der Waals surface area (Å²) < 4.78 is 6.08. The number of rotatable bonds is 14. The molecular weight excluding hydrogens is 699 g/mol. The lowest BCUT2D eigenvalue weighted by atomic mass is 9.45. The third-order valence-electron chi connectivity index (χ3n) is 12.6. The maximum Gasteiger partial charge on any atom is 0.335 e. The van der Waals surface area contributed by atoms with E-state index < -0.39 is 30.1 Å². The monoisotopic (exact) mass is 755 g/mol. The number of aromatic carboxylic acids is 1. The molecule has 0 unspecified atom stereocenters. The van der Waals surface area contributed by atoms with Gasteiger partial charge >= 0.3 is 5.97 Å². The molecule has 0 spiro atoms. The Kier molecular flexibility index (Phi) is 11.9. The first-order valence-corrected chi connectivity index (χ1v) is 19.3. The Morgan fingerprint density at radius 1 is 1.05 bits per heavy atom. The summed E-state index contributed by atoms with van der Waals surface area (Å²) in [5.41, 5.74) is 4.97. The second-order valence-electron chi connectivity index (χ2n) is 16.4. The standard InChI is InChI=1S/C43H57N5O7/c1-24-34-19-31(43(34,3)4)20-35(24)46-41(51)38-37(25(2)49)36(22-45-21-26-11-9-12-27(15-26)42(52)53)55-48(38)23-28-13-10-14-33(39(28)54-8)29-16-30(40(50)44-5)18-32(17-29)47(6)7/h9-18,24-25,31,34-38,45,49H,19-23H2,1-8H3,(H,44,50)(H,46,51)(H,52,53)/t24-,25-,31+,34-,35-,36-,37+,38-/m0/s1. The van der Waals surface area contributed by atoms with Gasteiger partial charge in [0.1, 0.15) is 11.8 Å². The number of fused-ring (bicyclic) bond motifs is 2. The number of aliphatic hydroxyl groups is 1. The molecule has 4 fully saturated rings. The van der Waals surface area contributed by atoms with Gasteiger partial charge in [0.05, 0.1) is 31.4 Å². The van der Waals surface area contributed by atoms with Gasteiger partial charge in [-0.05, 0) is 84.4 Å². The zero-order valence-corrected chi connectivity index (χ0v) is 33.3. The maximum atomic E-state index is 14.6. The number of carbonyl (C=O) groups excluding carboxylic acids is 2. The number of hydrogen-bond donors (Lipinski definition) is 5. The number of nitrogens with one attached hydrogen (secondary N) is 3. The van der Waals surface area contributed by atoms with E-state index in [0.29, 0.717) is 42.2 Å². The van der Waals surface area contributed by atoms with Crippen LogP contribution in [0, 0.1) is 29.1 Å². The highest BCUT2D eigenvalue weighted by atomic mass is 16.7. The van der Waals surface area contributed by atoms with Crippen molar-refractivity contribution in [3.05, 3.63) is 82.9 Å². The van der Waals surface area contributed by atoms with Crippen LogP contribution in [0.15, 0.2) is 60.7 Å². The first kappa shape index (κ1) is 40.2. The lowest BCUT2D eigenvalue weighted by molar-refractivity contribution is -0.176. The second-order valence-corrected chi connectivity index (χ2v) is 16.4. The van der Waals surface area contributed by atoms with Crippen LogP contribution < -0.4 is 25.6 Å². The zero-order valence-electron chi connectivity index (χ0n) is 33.3. The van der Waals surface area contributed by atoms with Crippen molar-refractivity contribution in [3.8, 4) is 16.9 Å². The van der Waals surface area contributed by atoms with Crippen molar-refractivity contribution in [1.82, 2.24) is 21.0 Å². The number of aliphatic hydroxyl groups excluding tert-OH is 1. The summed E-state index contributed by atoms with van der Waals surface area (Å²) in [7, 11) is 7.05. The Labute approximate surface area is 324 Å². The highest BCUT2D eigenvalue weighted by Gasteiger charge is 2.57. The van der Waals surface area contributed by atoms with Gasteiger partial charge in [-0.1, -0.05) is 51.1 Å². The third kappa shape index (κ3) is 8.09. The van der Waals surface area contributed by atoms with Crippen molar-refractivity contribution < 1.29 is 34.2 Å². The molecule has 3 aromatic rings. The largest absolute Gasteiger partial charge is 0.496 e. The smallest absolute Gasteiger partial charge is 0.335 e. The minimum absolute atomic E-state index is 0.0239. The fourth-order valence-electron chi connectivity index (χ4n) is 9.32. The van der Waals surface area contributed by atoms with Gasteiger partial charge in [0.2, 0.25) is 5.91 Å². The first-order valence-electron chi connectivity index (χ1n) is 19.3. The molecule has 3 saturated carbocycles. The minimum atomic E-state index is -0.996. The average molecular weight is 756 g/mol. The Morgan fingerprint density at radius 3 is 2.44 bits per heavy atom. The number of benzene rings is 3. The summed E-state index contributed by atoms with van der Waals surface area (Å²) in [6, 6.07) is 17.4. The molecule has 2 amide bonds. The molecule has 296 valence electrons. The number of methoxy groups -OCH3 is 1. The summed E-state index contributed by atoms with van der Waals surface area (Å²) in [4.78, 5) is 47.5. The summed E-state index contributed by atoms with van der Waals surface area (Å²) in [5.74, 6) is 0.0419. The fourth-order valence-corrected chi connectivity index (χ4v) is 9.32. The molecule has 3 aromatic carbocycles. The van der Waals surface area contributed by atoms with E-state index >= 15 is 0 Å². The molecule has 3 aliphatic carbocycles. The summed E-state index contributed by atoms with van der Waals surface area (Å²) in [6.07, 6.45) is 0.653. The minimum Gasteiger partial charge on any atom is -0.496 e. The van der Waals surface area contributed by atoms with Crippen LogP contribution in [0.4, 0.5) is 5.69 Å². The van der Waals surface area contributed by atoms with Crippen LogP contribution in [-0.4, -0.2) is 92.1 Å². The molecule has 1 saturated heterocycles. The Hall–Kier alpha value is -4.49. The number of carboxylic acids is 1. The molecule has 0 radical (unpaired) electrons. The van der Waals surface area contributed by atoms with Gasteiger partial charge in [0.15, 0.2) is 0 Å². The van der Waals surface area contributed by atoms with Crippen LogP contribution in [0.3, 0.4) is 0 Å². The number of ether oxygens (including phenoxy) is 1. The van der Waals surface area contributed by atoms with Gasteiger partial charge in [-0.15, -0.1) is 0 Å². The fraction of sp³-hybridized carbons (Fsp3) is 0.512. The molecule has 0 aromatic heterocycles. The third-order valence-corrected chi connectivity index (χ3v) is 12.6. The van der Waals surface area contributed by atoms with Crippen molar-refractivity contribution >= 4 is 23.5 Å². The van der Waals surface area contributed by atoms with E-state index in [1.165, 1.54) is 6.42 Å². The predicted octanol–water partition coefficient (Wildman–Crippen LogP) is 4.94. The van der Waals surface area contributed by atoms with Crippen molar-refractivity contribution in [3.63, 3.8) is 0 Å². The van der Waals surface area contributed by atoms with Crippen LogP contribution in [-0.2, 0) is 22.7 Å². The molecule has 1 aliphatic heterocycles. The second kappa shape index (κ2) is 16.3. The highest BCUT2D eigenvalue weighted by Crippen LogP contribution is 2.61. The summed E-state index contributed by atoms with van der Waals surface area (Å²) in [6.45, 7) is 9.48. The van der Waals surface area contributed by atoms with Gasteiger partial charge in [-0.3, -0.25) is 14.4 Å². The number of para-hydroxylation sites is 1. The lowest BCUT2D eigenvalue weighted by Gasteiger charge is -2.62. The summed E-state index contributed by atoms with van der Waals surface area (Å²) in [5, 5.41) is 32.0. The van der Waals surface area contributed by atoms with Crippen LogP contribution in [0.5, 0.6) is 5.75 Å². The number of anilines is 1. The number of carbonyl (C=O) groups is 3. The van der Waals surface area contributed by atoms with Crippen molar-refractivity contribution in [2.75, 3.05) is 39.7 Å². The molecule has 7 rings (SSSR count). The first-order chi connectivity index (χ1) is 26.1. The Morgan fingerprint density at radius 2 is 1.80 bits per heavy atom. The van der Waals surface area contributed by atoms with E-state index in [9.17, 15) is 24.6 Å². The van der Waals surface area contributed by atoms with Gasteiger partial charge in [0.25, 0.3) is 5.91 Å². The SMILES string of the molecule is CNC(=O)c1cc(-c2cccc(CN3O[C@@H](CNCc4cccc(C(=O)O)c4)[C@@H]([C@H](C)O)[C@H]3C(=O)N[C@H]3C[C@H]4C[C@@H]([C@@H]3C)C4(C)C)c2OC)cc(N(C)C)c1. The number of nitrogens with zero attached hydrogens (tertiary/aromatic N) is 2. The molecule has 12 nitrogen and oxygen atoms in total. The molecule has 55 heavy (non-hydrogen) atoms. The van der Waals surface area contributed by atoms with Crippen molar-refractivity contribution in [2.45, 2.75) is 77.9 Å². The van der Waals surface area contributed by atoms with Crippen LogP contribution in [0.2, 0.25) is 0 Å². The van der Waals surface area contributed by atoms with E-state index in [4.69, 9.17) is 9.57 Å². The number of carboxylic acid groups (broad SMARTS) is 1. The van der Waals surface area contributed by atoms with Gasteiger partial charge in [-0.25, -0.2) is 4.79 Å². The molecule has 1 heterocycles. The normalized spacial score (nSPS) is 26.1. The van der Waals surface area contributed by atoms with E-state index in [1.54, 1.807) is 44.3 Å². The van der Waals surface area contributed by atoms with Crippen LogP contribution in [0.1, 0.15) is 72.4 Å². The van der Waals surface area contributed by atoms with Crippen molar-refractivity contribution in [2.24, 2.45) is 29.1 Å². The topological polar surface area (TPSA) is 153 Å². The number of hydrogen-bond acceptors (Lipinski definition) is 9. The van der Waals surface area contributed by atoms with Crippen LogP contribution in [0.25, 0.3) is 11.1 Å². The molecule has 2 bridgehead atoms. The van der Waals surface area contributed by atoms with E-state index in [2.05, 4.69) is 36.7 Å². The average Bonchev–Trinajstić information content (AvgIpc) is 3.52. The molecule has 5 N–H and O–H groups in total. The Bertz CT molecular complexity index is 1900. The molecule has 12 heteroatoms. The number of hydroxylamine groups is 2. The predicted molar refractivity (Wildman–Crippen MR) is 212 cm³/mol. The van der Waals surface area contributed by atoms with Crippen molar-refractivity contribution in [1.29, 1.82) is 0 Å². The van der Waals surface area contributed by atoms with Crippen LogP contribution >= 0.6 is 0 Å². The molecular formula is C43H57N5O7. The maximum absolute atomic E-state index is 14.6. The van der Waals surface area contributed by atoms with Gasteiger partial charge < -0.3 is 35.8 Å². The molecule has 8 atom stereocenters. The summed E-state index contributed by atoms with van der Waals surface area (Å²) >= 11 is 0. The molecule has 4 aliphatic rings. The number of amides is 2. The van der Waals surface area contributed by atoms with E-state index in [0.717, 1.165) is 34.4 Å². The lowest BCUT2D eigenvalue weighted by Crippen LogP contribution is -2.62. The highest BCUT2D eigenvalue weighted by molar-refractivity contribution is 5.97.